The van der Waals surface area contributed by atoms with Crippen LogP contribution >= 0.6 is 0 Å². The molecule has 0 aliphatic heterocycles. The Labute approximate surface area is 150 Å². The fourth-order valence-corrected chi connectivity index (χ4v) is 2.73. The molecule has 0 aliphatic rings. The van der Waals surface area contributed by atoms with Crippen LogP contribution in [0.2, 0.25) is 0 Å². The maximum Gasteiger partial charge on any atom is 0.236 e. The van der Waals surface area contributed by atoms with E-state index in [-0.39, 0.29) is 42.7 Å². The van der Waals surface area contributed by atoms with Gasteiger partial charge in [-0.2, -0.15) is 0 Å². The molecule has 0 radical (unpaired) electrons. The first-order chi connectivity index (χ1) is 11.8. The first-order valence-electron chi connectivity index (χ1n) is 8.79. The monoisotopic (exact) mass is 351 g/mol. The molecule has 0 saturated heterocycles. The molecule has 1 aromatic rings. The molecular weight excluding hydrogens is 321 g/mol. The predicted octanol–water partition coefficient (Wildman–Crippen LogP) is 2.44. The second kappa shape index (κ2) is 10.1. The minimum atomic E-state index is -0.299. The lowest BCUT2D eigenvalue weighted by Crippen LogP contribution is -2.43. The second-order valence-corrected chi connectivity index (χ2v) is 6.58. The van der Waals surface area contributed by atoms with Crippen LogP contribution in [0.15, 0.2) is 24.3 Å². The molecule has 0 bridgehead atoms. The summed E-state index contributed by atoms with van der Waals surface area (Å²) in [6, 6.07) is 5.97. The van der Waals surface area contributed by atoms with Crippen molar-refractivity contribution >= 4 is 11.8 Å². The third kappa shape index (κ3) is 6.82. The third-order valence-electron chi connectivity index (χ3n) is 4.15. The zero-order chi connectivity index (χ0) is 19.0. The van der Waals surface area contributed by atoms with Gasteiger partial charge in [0.05, 0.1) is 19.1 Å². The summed E-state index contributed by atoms with van der Waals surface area (Å²) in [5, 5.41) is 2.99. The Hall–Kier alpha value is -1.95. The molecule has 0 aliphatic carbocycles. The Kier molecular flexibility index (Phi) is 8.55. The summed E-state index contributed by atoms with van der Waals surface area (Å²) >= 11 is 0. The standard InChI is InChI=1S/C19H30FN3O2/c1-6-23(7-2)18(25)13-22(5)12-17(24)21-19(14(3)4)15-8-10-16(20)11-9-15/h8-11,14,19H,6-7,12-13H2,1-5H3,(H,21,24). The number of halogens is 1. The van der Waals surface area contributed by atoms with E-state index in [1.165, 1.54) is 12.1 Å². The van der Waals surface area contributed by atoms with E-state index in [1.807, 2.05) is 27.7 Å². The van der Waals surface area contributed by atoms with Gasteiger partial charge in [0.1, 0.15) is 5.82 Å². The number of likely N-dealkylation sites (N-methyl/N-ethyl adjacent to an activating group) is 2. The lowest BCUT2D eigenvalue weighted by Gasteiger charge is -2.26. The summed E-state index contributed by atoms with van der Waals surface area (Å²) in [6.07, 6.45) is 0. The van der Waals surface area contributed by atoms with Gasteiger partial charge in [0.2, 0.25) is 11.8 Å². The van der Waals surface area contributed by atoms with E-state index < -0.39 is 0 Å². The topological polar surface area (TPSA) is 52.7 Å². The van der Waals surface area contributed by atoms with Crippen molar-refractivity contribution in [3.8, 4) is 0 Å². The normalized spacial score (nSPS) is 12.3. The number of hydrogen-bond acceptors (Lipinski definition) is 3. The highest BCUT2D eigenvalue weighted by Crippen LogP contribution is 2.21. The van der Waals surface area contributed by atoms with Crippen molar-refractivity contribution in [2.45, 2.75) is 33.7 Å². The van der Waals surface area contributed by atoms with Crippen molar-refractivity contribution in [3.05, 3.63) is 35.6 Å². The van der Waals surface area contributed by atoms with Crippen molar-refractivity contribution in [3.63, 3.8) is 0 Å². The van der Waals surface area contributed by atoms with Gasteiger partial charge in [0.15, 0.2) is 0 Å². The van der Waals surface area contributed by atoms with Gasteiger partial charge in [-0.25, -0.2) is 4.39 Å². The summed E-state index contributed by atoms with van der Waals surface area (Å²) < 4.78 is 13.1. The van der Waals surface area contributed by atoms with Crippen LogP contribution in [0.5, 0.6) is 0 Å². The van der Waals surface area contributed by atoms with Crippen LogP contribution < -0.4 is 5.32 Å². The maximum atomic E-state index is 13.1. The van der Waals surface area contributed by atoms with E-state index in [0.717, 1.165) is 5.56 Å². The van der Waals surface area contributed by atoms with Crippen molar-refractivity contribution < 1.29 is 14.0 Å². The highest BCUT2D eigenvalue weighted by atomic mass is 19.1. The van der Waals surface area contributed by atoms with E-state index in [4.69, 9.17) is 0 Å². The minimum Gasteiger partial charge on any atom is -0.348 e. The average molecular weight is 351 g/mol. The van der Waals surface area contributed by atoms with Crippen LogP contribution in [0.3, 0.4) is 0 Å². The Morgan fingerprint density at radius 3 is 2.12 bits per heavy atom. The lowest BCUT2D eigenvalue weighted by molar-refractivity contribution is -0.132. The van der Waals surface area contributed by atoms with Crippen molar-refractivity contribution in [2.24, 2.45) is 5.92 Å². The summed E-state index contributed by atoms with van der Waals surface area (Å²) in [7, 11) is 1.75. The van der Waals surface area contributed by atoms with Gasteiger partial charge in [-0.05, 0) is 44.5 Å². The van der Waals surface area contributed by atoms with Gasteiger partial charge >= 0.3 is 0 Å². The Morgan fingerprint density at radius 2 is 1.64 bits per heavy atom. The molecule has 1 unspecified atom stereocenters. The number of nitrogens with zero attached hydrogens (tertiary/aromatic N) is 2. The summed E-state index contributed by atoms with van der Waals surface area (Å²) in [5.74, 6) is -0.277. The van der Waals surface area contributed by atoms with Gasteiger partial charge < -0.3 is 10.2 Å². The van der Waals surface area contributed by atoms with E-state index in [9.17, 15) is 14.0 Å². The molecule has 1 N–H and O–H groups in total. The van der Waals surface area contributed by atoms with Gasteiger partial charge in [0.25, 0.3) is 0 Å². The molecular formula is C19H30FN3O2. The molecule has 25 heavy (non-hydrogen) atoms. The number of benzene rings is 1. The van der Waals surface area contributed by atoms with E-state index >= 15 is 0 Å². The molecule has 0 fully saturated rings. The maximum absolute atomic E-state index is 13.1. The molecule has 0 spiro atoms. The SMILES string of the molecule is CCN(CC)C(=O)CN(C)CC(=O)NC(c1ccc(F)cc1)C(C)C. The zero-order valence-electron chi connectivity index (χ0n) is 15.9. The largest absolute Gasteiger partial charge is 0.348 e. The number of amides is 2. The number of rotatable bonds is 9. The number of nitrogens with one attached hydrogen (secondary N) is 1. The van der Waals surface area contributed by atoms with E-state index in [2.05, 4.69) is 5.32 Å². The molecule has 5 nitrogen and oxygen atoms in total. The molecule has 6 heteroatoms. The van der Waals surface area contributed by atoms with Gasteiger partial charge in [-0.1, -0.05) is 26.0 Å². The number of hydrogen-bond donors (Lipinski definition) is 1. The quantitative estimate of drug-likeness (QED) is 0.743. The molecule has 1 atom stereocenters. The molecule has 2 amide bonds. The average Bonchev–Trinajstić information content (AvgIpc) is 2.54. The predicted molar refractivity (Wildman–Crippen MR) is 97.5 cm³/mol. The van der Waals surface area contributed by atoms with Crippen LogP contribution in [-0.4, -0.2) is 54.8 Å². The minimum absolute atomic E-state index is 0.0132. The number of carbonyl (C=O) groups is 2. The van der Waals surface area contributed by atoms with Crippen LogP contribution in [0.4, 0.5) is 4.39 Å². The first-order valence-corrected chi connectivity index (χ1v) is 8.79. The first kappa shape index (κ1) is 21.1. The zero-order valence-corrected chi connectivity index (χ0v) is 15.9. The van der Waals surface area contributed by atoms with Crippen LogP contribution in [0, 0.1) is 11.7 Å². The molecule has 1 aromatic carbocycles. The Balaban J connectivity index is 2.63. The lowest BCUT2D eigenvalue weighted by atomic mass is 9.96. The van der Waals surface area contributed by atoms with Crippen LogP contribution in [-0.2, 0) is 9.59 Å². The van der Waals surface area contributed by atoms with E-state index in [0.29, 0.717) is 13.1 Å². The fraction of sp³-hybridized carbons (Fsp3) is 0.579. The third-order valence-corrected chi connectivity index (χ3v) is 4.15. The Morgan fingerprint density at radius 1 is 1.08 bits per heavy atom. The molecule has 0 saturated carbocycles. The van der Waals surface area contributed by atoms with Gasteiger partial charge in [0, 0.05) is 13.1 Å². The highest BCUT2D eigenvalue weighted by molar-refractivity contribution is 5.81. The van der Waals surface area contributed by atoms with Crippen LogP contribution in [0.25, 0.3) is 0 Å². The van der Waals surface area contributed by atoms with Crippen molar-refractivity contribution in [1.29, 1.82) is 0 Å². The second-order valence-electron chi connectivity index (χ2n) is 6.58. The van der Waals surface area contributed by atoms with Gasteiger partial charge in [-0.15, -0.1) is 0 Å². The molecule has 140 valence electrons. The number of carbonyl (C=O) groups excluding carboxylic acids is 2. The van der Waals surface area contributed by atoms with Crippen LogP contribution in [0.1, 0.15) is 39.3 Å². The fourth-order valence-electron chi connectivity index (χ4n) is 2.73. The smallest absolute Gasteiger partial charge is 0.236 e. The molecule has 0 heterocycles. The molecule has 1 rings (SSSR count). The summed E-state index contributed by atoms with van der Waals surface area (Å²) in [6.45, 7) is 9.54. The summed E-state index contributed by atoms with van der Waals surface area (Å²) in [5.41, 5.74) is 0.867. The molecule has 0 aromatic heterocycles. The van der Waals surface area contributed by atoms with Crippen molar-refractivity contribution in [1.82, 2.24) is 15.1 Å². The van der Waals surface area contributed by atoms with Gasteiger partial charge in [-0.3, -0.25) is 14.5 Å². The van der Waals surface area contributed by atoms with Crippen molar-refractivity contribution in [2.75, 3.05) is 33.2 Å². The Bertz CT molecular complexity index is 556. The highest BCUT2D eigenvalue weighted by Gasteiger charge is 2.20. The summed E-state index contributed by atoms with van der Waals surface area (Å²) in [4.78, 5) is 27.9. The van der Waals surface area contributed by atoms with E-state index in [1.54, 1.807) is 29.0 Å².